The summed E-state index contributed by atoms with van der Waals surface area (Å²) in [7, 11) is -3.55. The maximum absolute atomic E-state index is 12.6. The van der Waals surface area contributed by atoms with Crippen LogP contribution in [0.25, 0.3) is 0 Å². The number of quaternary nitrogens is 1. The molecule has 150 valence electrons. The standard InChI is InChI=1S/C17H25ClN4O4S/c1-2-7-19-16(23)12-20-17(24)13-21-8-10-22(11-9-21)27(25,26)15-5-3-14(18)4-6-15/h3-6H,2,7-13H2,1H3,(H,19,23)(H,20,24)/p+1. The molecule has 1 saturated heterocycles. The summed E-state index contributed by atoms with van der Waals surface area (Å²) in [5.74, 6) is -0.426. The highest BCUT2D eigenvalue weighted by Crippen LogP contribution is 2.18. The Morgan fingerprint density at radius 2 is 1.74 bits per heavy atom. The lowest BCUT2D eigenvalue weighted by Crippen LogP contribution is -3.15. The highest BCUT2D eigenvalue weighted by molar-refractivity contribution is 7.89. The zero-order valence-corrected chi connectivity index (χ0v) is 16.9. The molecule has 1 aromatic rings. The Bertz CT molecular complexity index is 747. The third kappa shape index (κ3) is 6.46. The van der Waals surface area contributed by atoms with Crippen LogP contribution in [0.4, 0.5) is 0 Å². The zero-order valence-electron chi connectivity index (χ0n) is 15.3. The van der Waals surface area contributed by atoms with Gasteiger partial charge in [0.1, 0.15) is 0 Å². The van der Waals surface area contributed by atoms with Crippen molar-refractivity contribution in [1.29, 1.82) is 0 Å². The average molecular weight is 418 g/mol. The fraction of sp³-hybridized carbons (Fsp3) is 0.529. The van der Waals surface area contributed by atoms with E-state index in [2.05, 4.69) is 10.6 Å². The molecule has 0 aliphatic carbocycles. The van der Waals surface area contributed by atoms with E-state index in [1.807, 2.05) is 6.92 Å². The van der Waals surface area contributed by atoms with Gasteiger partial charge in [0.05, 0.1) is 37.6 Å². The van der Waals surface area contributed by atoms with Gasteiger partial charge < -0.3 is 15.5 Å². The van der Waals surface area contributed by atoms with Crippen LogP contribution in [0, 0.1) is 0 Å². The van der Waals surface area contributed by atoms with Gasteiger partial charge in [0.25, 0.3) is 5.91 Å². The highest BCUT2D eigenvalue weighted by atomic mass is 35.5. The summed E-state index contributed by atoms with van der Waals surface area (Å²) < 4.78 is 26.7. The van der Waals surface area contributed by atoms with E-state index in [1.165, 1.54) is 16.4 Å². The summed E-state index contributed by atoms with van der Waals surface area (Å²) in [6.07, 6.45) is 0.840. The Morgan fingerprint density at radius 1 is 1.11 bits per heavy atom. The molecule has 1 aliphatic heterocycles. The minimum atomic E-state index is -3.55. The van der Waals surface area contributed by atoms with Crippen LogP contribution in [-0.4, -0.2) is 70.4 Å². The van der Waals surface area contributed by atoms with E-state index in [0.717, 1.165) is 11.3 Å². The zero-order chi connectivity index (χ0) is 19.9. The number of halogens is 1. The van der Waals surface area contributed by atoms with Gasteiger partial charge in [-0.3, -0.25) is 9.59 Å². The van der Waals surface area contributed by atoms with E-state index >= 15 is 0 Å². The second kappa shape index (κ2) is 10.0. The number of benzene rings is 1. The molecule has 0 aromatic heterocycles. The summed E-state index contributed by atoms with van der Waals surface area (Å²) in [6, 6.07) is 6.09. The molecule has 2 rings (SSSR count). The fourth-order valence-corrected chi connectivity index (χ4v) is 4.34. The first-order valence-electron chi connectivity index (χ1n) is 8.95. The van der Waals surface area contributed by atoms with Gasteiger partial charge >= 0.3 is 0 Å². The van der Waals surface area contributed by atoms with Crippen LogP contribution in [0.2, 0.25) is 5.02 Å². The van der Waals surface area contributed by atoms with Crippen LogP contribution in [0.5, 0.6) is 0 Å². The van der Waals surface area contributed by atoms with Crippen molar-refractivity contribution in [2.24, 2.45) is 0 Å². The van der Waals surface area contributed by atoms with Crippen molar-refractivity contribution < 1.29 is 22.9 Å². The highest BCUT2D eigenvalue weighted by Gasteiger charge is 2.31. The average Bonchev–Trinajstić information content (AvgIpc) is 2.65. The Morgan fingerprint density at radius 3 is 2.33 bits per heavy atom. The van der Waals surface area contributed by atoms with E-state index < -0.39 is 10.0 Å². The molecule has 0 saturated carbocycles. The molecule has 0 radical (unpaired) electrons. The first kappa shape index (κ1) is 21.6. The van der Waals surface area contributed by atoms with Crippen LogP contribution in [0.15, 0.2) is 29.2 Å². The second-order valence-electron chi connectivity index (χ2n) is 6.41. The fourth-order valence-electron chi connectivity index (χ4n) is 2.77. The topological polar surface area (TPSA) is 100 Å². The van der Waals surface area contributed by atoms with E-state index in [9.17, 15) is 18.0 Å². The number of carbonyl (C=O) groups excluding carboxylic acids is 2. The van der Waals surface area contributed by atoms with Gasteiger partial charge in [-0.25, -0.2) is 8.42 Å². The van der Waals surface area contributed by atoms with Crippen molar-refractivity contribution in [2.45, 2.75) is 18.2 Å². The molecule has 1 aliphatic rings. The van der Waals surface area contributed by atoms with Gasteiger partial charge in [0.2, 0.25) is 15.9 Å². The third-order valence-corrected chi connectivity index (χ3v) is 6.47. The molecule has 1 fully saturated rings. The van der Waals surface area contributed by atoms with E-state index in [0.29, 0.717) is 37.7 Å². The molecular formula is C17H26ClN4O4S+. The number of carbonyl (C=O) groups is 2. The predicted octanol–water partition coefficient (Wildman–Crippen LogP) is -1.13. The summed E-state index contributed by atoms with van der Waals surface area (Å²) in [5, 5.41) is 5.77. The van der Waals surface area contributed by atoms with Crippen LogP contribution in [0.3, 0.4) is 0 Å². The van der Waals surface area contributed by atoms with Gasteiger partial charge in [0, 0.05) is 11.6 Å². The molecular weight excluding hydrogens is 392 g/mol. The smallest absolute Gasteiger partial charge is 0.275 e. The van der Waals surface area contributed by atoms with Crippen LogP contribution >= 0.6 is 11.6 Å². The predicted molar refractivity (Wildman–Crippen MR) is 102 cm³/mol. The minimum Gasteiger partial charge on any atom is -0.355 e. The molecule has 0 spiro atoms. The Hall–Kier alpha value is -1.68. The molecule has 1 heterocycles. The Labute approximate surface area is 164 Å². The number of amides is 2. The van der Waals surface area contributed by atoms with Crippen LogP contribution in [0.1, 0.15) is 13.3 Å². The number of nitrogens with zero attached hydrogens (tertiary/aromatic N) is 1. The van der Waals surface area contributed by atoms with Gasteiger partial charge in [-0.05, 0) is 30.7 Å². The lowest BCUT2D eigenvalue weighted by molar-refractivity contribution is -0.895. The molecule has 1 aromatic carbocycles. The van der Waals surface area contributed by atoms with Crippen molar-refractivity contribution in [3.05, 3.63) is 29.3 Å². The van der Waals surface area contributed by atoms with Crippen molar-refractivity contribution in [1.82, 2.24) is 14.9 Å². The van der Waals surface area contributed by atoms with Crippen molar-refractivity contribution >= 4 is 33.4 Å². The maximum atomic E-state index is 12.6. The van der Waals surface area contributed by atoms with E-state index in [4.69, 9.17) is 11.6 Å². The van der Waals surface area contributed by atoms with Crippen molar-refractivity contribution in [3.63, 3.8) is 0 Å². The number of piperazine rings is 1. The van der Waals surface area contributed by atoms with Gasteiger partial charge in [-0.1, -0.05) is 18.5 Å². The Kier molecular flexibility index (Phi) is 8.03. The lowest BCUT2D eigenvalue weighted by atomic mass is 10.3. The molecule has 10 heteroatoms. The molecule has 0 bridgehead atoms. The number of hydrogen-bond donors (Lipinski definition) is 3. The summed E-state index contributed by atoms with van der Waals surface area (Å²) in [5.41, 5.74) is 0. The minimum absolute atomic E-state index is 0.0385. The third-order valence-electron chi connectivity index (χ3n) is 4.31. The summed E-state index contributed by atoms with van der Waals surface area (Å²) in [4.78, 5) is 24.7. The molecule has 3 N–H and O–H groups in total. The number of nitrogens with one attached hydrogen (secondary N) is 3. The molecule has 8 nitrogen and oxygen atoms in total. The van der Waals surface area contributed by atoms with E-state index in [1.54, 1.807) is 12.1 Å². The first-order chi connectivity index (χ1) is 12.8. The molecule has 2 amide bonds. The Balaban J connectivity index is 1.78. The monoisotopic (exact) mass is 417 g/mol. The van der Waals surface area contributed by atoms with Crippen molar-refractivity contribution in [2.75, 3.05) is 45.8 Å². The van der Waals surface area contributed by atoms with E-state index in [-0.39, 0.29) is 29.8 Å². The number of rotatable bonds is 8. The van der Waals surface area contributed by atoms with Gasteiger partial charge in [0.15, 0.2) is 6.54 Å². The molecule has 27 heavy (non-hydrogen) atoms. The number of sulfonamides is 1. The molecule has 0 unspecified atom stereocenters. The summed E-state index contributed by atoms with van der Waals surface area (Å²) >= 11 is 5.81. The number of hydrogen-bond acceptors (Lipinski definition) is 4. The SMILES string of the molecule is CCCNC(=O)CNC(=O)C[NH+]1CCN(S(=O)(=O)c2ccc(Cl)cc2)CC1. The van der Waals surface area contributed by atoms with Crippen LogP contribution in [-0.2, 0) is 19.6 Å². The lowest BCUT2D eigenvalue weighted by Gasteiger charge is -2.31. The first-order valence-corrected chi connectivity index (χ1v) is 10.8. The maximum Gasteiger partial charge on any atom is 0.275 e. The van der Waals surface area contributed by atoms with Gasteiger partial charge in [-0.2, -0.15) is 4.31 Å². The van der Waals surface area contributed by atoms with Gasteiger partial charge in [-0.15, -0.1) is 0 Å². The van der Waals surface area contributed by atoms with Crippen molar-refractivity contribution in [3.8, 4) is 0 Å². The second-order valence-corrected chi connectivity index (χ2v) is 8.79. The molecule has 0 atom stereocenters. The largest absolute Gasteiger partial charge is 0.355 e. The van der Waals surface area contributed by atoms with Crippen LogP contribution < -0.4 is 15.5 Å². The quantitative estimate of drug-likeness (QED) is 0.498. The summed E-state index contributed by atoms with van der Waals surface area (Å²) in [6.45, 7) is 4.46. The normalized spacial score (nSPS) is 16.1.